The molecular weight excluding hydrogens is 194 g/mol. The Hall–Kier alpha value is -1.22. The van der Waals surface area contributed by atoms with Crippen LogP contribution >= 0.6 is 11.8 Å². The van der Waals surface area contributed by atoms with Crippen LogP contribution in [0.5, 0.6) is 0 Å². The molecule has 1 aromatic carbocycles. The first-order chi connectivity index (χ1) is 6.76. The van der Waals surface area contributed by atoms with Gasteiger partial charge in [-0.3, -0.25) is 4.79 Å². The van der Waals surface area contributed by atoms with Gasteiger partial charge in [0.15, 0.2) is 0 Å². The van der Waals surface area contributed by atoms with Crippen molar-refractivity contribution in [3.8, 4) is 0 Å². The third-order valence-electron chi connectivity index (χ3n) is 1.66. The van der Waals surface area contributed by atoms with E-state index in [0.29, 0.717) is 0 Å². The summed E-state index contributed by atoms with van der Waals surface area (Å²) in [4.78, 5) is 12.3. The average Bonchev–Trinajstić information content (AvgIpc) is 2.18. The van der Waals surface area contributed by atoms with Crippen LogP contribution in [-0.4, -0.2) is 12.2 Å². The number of nitrogens with one attached hydrogen (secondary N) is 1. The predicted molar refractivity (Wildman–Crippen MR) is 61.7 cm³/mol. The first-order valence-electron chi connectivity index (χ1n) is 4.34. The molecule has 0 saturated carbocycles. The number of amides is 1. The van der Waals surface area contributed by atoms with Crippen molar-refractivity contribution in [1.82, 2.24) is 0 Å². The largest absolute Gasteiger partial charge is 0.322 e. The Morgan fingerprint density at radius 2 is 2.29 bits per heavy atom. The Balaban J connectivity index is 2.71. The molecule has 0 aromatic heterocycles. The van der Waals surface area contributed by atoms with Crippen LogP contribution in [0.3, 0.4) is 0 Å². The topological polar surface area (TPSA) is 29.1 Å². The highest BCUT2D eigenvalue weighted by atomic mass is 32.2. The zero-order valence-corrected chi connectivity index (χ0v) is 9.10. The minimum atomic E-state index is -0.0919. The molecule has 0 spiro atoms. The molecule has 1 rings (SSSR count). The highest BCUT2D eigenvalue weighted by Gasteiger charge is 1.97. The quantitative estimate of drug-likeness (QED) is 0.610. The van der Waals surface area contributed by atoms with Crippen LogP contribution in [0.2, 0.25) is 0 Å². The van der Waals surface area contributed by atoms with Crippen molar-refractivity contribution in [1.29, 1.82) is 0 Å². The summed E-state index contributed by atoms with van der Waals surface area (Å²) in [6.45, 7) is 1.82. The molecule has 2 nitrogen and oxygen atoms in total. The average molecular weight is 207 g/mol. The number of anilines is 1. The van der Waals surface area contributed by atoms with Gasteiger partial charge in [0.1, 0.15) is 0 Å². The Morgan fingerprint density at radius 1 is 1.50 bits per heavy atom. The van der Waals surface area contributed by atoms with Gasteiger partial charge >= 0.3 is 0 Å². The van der Waals surface area contributed by atoms with Crippen LogP contribution in [0.25, 0.3) is 0 Å². The van der Waals surface area contributed by atoms with E-state index in [9.17, 15) is 4.79 Å². The first kappa shape index (κ1) is 10.9. The third-order valence-corrected chi connectivity index (χ3v) is 2.38. The zero-order valence-electron chi connectivity index (χ0n) is 8.28. The molecule has 0 aliphatic carbocycles. The van der Waals surface area contributed by atoms with Crippen LogP contribution in [0.1, 0.15) is 6.92 Å². The summed E-state index contributed by atoms with van der Waals surface area (Å²) in [6, 6.07) is 7.76. The van der Waals surface area contributed by atoms with E-state index in [-0.39, 0.29) is 5.91 Å². The Morgan fingerprint density at radius 3 is 2.93 bits per heavy atom. The monoisotopic (exact) mass is 207 g/mol. The molecule has 1 N–H and O–H groups in total. The fourth-order valence-electron chi connectivity index (χ4n) is 1.04. The summed E-state index contributed by atoms with van der Waals surface area (Å²) in [5.41, 5.74) is 0.833. The number of hydrogen-bond donors (Lipinski definition) is 1. The number of thioether (sulfide) groups is 1. The first-order valence-corrected chi connectivity index (χ1v) is 5.56. The van der Waals surface area contributed by atoms with E-state index in [1.54, 1.807) is 17.8 Å². The fourth-order valence-corrected chi connectivity index (χ4v) is 1.50. The molecule has 1 aromatic rings. The molecule has 1 amide bonds. The lowest BCUT2D eigenvalue weighted by molar-refractivity contribution is -0.111. The summed E-state index contributed by atoms with van der Waals surface area (Å²) in [6.07, 6.45) is 5.23. The lowest BCUT2D eigenvalue weighted by atomic mass is 10.3. The standard InChI is InChI=1S/C11H13NOS/c1-3-5-11(13)12-9-6-4-7-10(8-9)14-2/h3-8H,1-2H3,(H,12,13). The Kier molecular flexibility index (Phi) is 4.26. The summed E-state index contributed by atoms with van der Waals surface area (Å²) in [5.74, 6) is -0.0919. The second-order valence-corrected chi connectivity index (χ2v) is 3.60. The van der Waals surface area contributed by atoms with Crippen LogP contribution in [0.15, 0.2) is 41.3 Å². The number of carbonyl (C=O) groups is 1. The van der Waals surface area contributed by atoms with Gasteiger partial charge in [0.2, 0.25) is 5.91 Å². The summed E-state index contributed by atoms with van der Waals surface area (Å²) < 4.78 is 0. The van der Waals surface area contributed by atoms with E-state index in [1.807, 2.05) is 37.4 Å². The maximum Gasteiger partial charge on any atom is 0.248 e. The van der Waals surface area contributed by atoms with E-state index in [2.05, 4.69) is 5.32 Å². The van der Waals surface area contributed by atoms with E-state index in [0.717, 1.165) is 10.6 Å². The molecule has 3 heteroatoms. The van der Waals surface area contributed by atoms with Crippen LogP contribution in [0.4, 0.5) is 5.69 Å². The molecule has 74 valence electrons. The molecule has 0 aliphatic rings. The maximum absolute atomic E-state index is 11.2. The molecule has 0 saturated heterocycles. The van der Waals surface area contributed by atoms with Gasteiger partial charge in [-0.2, -0.15) is 0 Å². The van der Waals surface area contributed by atoms with Gasteiger partial charge < -0.3 is 5.32 Å². The Labute approximate surface area is 88.4 Å². The number of benzene rings is 1. The van der Waals surface area contributed by atoms with Crippen molar-refractivity contribution in [2.75, 3.05) is 11.6 Å². The number of rotatable bonds is 3. The molecule has 0 aliphatic heterocycles. The number of hydrogen-bond acceptors (Lipinski definition) is 2. The third kappa shape index (κ3) is 3.26. The van der Waals surface area contributed by atoms with Gasteiger partial charge in [0, 0.05) is 10.6 Å². The highest BCUT2D eigenvalue weighted by Crippen LogP contribution is 2.18. The van der Waals surface area contributed by atoms with Crippen molar-refractivity contribution < 1.29 is 4.79 Å². The Bertz CT molecular complexity index is 347. The smallest absolute Gasteiger partial charge is 0.248 e. The molecular formula is C11H13NOS. The maximum atomic E-state index is 11.2. The molecule has 0 unspecified atom stereocenters. The lowest BCUT2D eigenvalue weighted by Crippen LogP contribution is -2.07. The predicted octanol–water partition coefficient (Wildman–Crippen LogP) is 2.92. The summed E-state index contributed by atoms with van der Waals surface area (Å²) >= 11 is 1.65. The van der Waals surface area contributed by atoms with Crippen molar-refractivity contribution in [2.45, 2.75) is 11.8 Å². The van der Waals surface area contributed by atoms with Crippen molar-refractivity contribution in [3.05, 3.63) is 36.4 Å². The second kappa shape index (κ2) is 5.50. The van der Waals surface area contributed by atoms with Gasteiger partial charge in [0.05, 0.1) is 0 Å². The minimum absolute atomic E-state index is 0.0919. The normalized spacial score (nSPS) is 10.4. The van der Waals surface area contributed by atoms with Gasteiger partial charge in [-0.15, -0.1) is 11.8 Å². The molecule has 0 atom stereocenters. The second-order valence-electron chi connectivity index (χ2n) is 2.72. The van der Waals surface area contributed by atoms with E-state index >= 15 is 0 Å². The van der Waals surface area contributed by atoms with Crippen molar-refractivity contribution in [3.63, 3.8) is 0 Å². The highest BCUT2D eigenvalue weighted by molar-refractivity contribution is 7.98. The van der Waals surface area contributed by atoms with E-state index < -0.39 is 0 Å². The van der Waals surface area contributed by atoms with Gasteiger partial charge in [-0.25, -0.2) is 0 Å². The van der Waals surface area contributed by atoms with Gasteiger partial charge in [-0.05, 0) is 37.5 Å². The van der Waals surface area contributed by atoms with Gasteiger partial charge in [-0.1, -0.05) is 12.1 Å². The van der Waals surface area contributed by atoms with Crippen molar-refractivity contribution in [2.24, 2.45) is 0 Å². The zero-order chi connectivity index (χ0) is 10.4. The molecule has 0 fully saturated rings. The molecule has 0 bridgehead atoms. The number of carbonyl (C=O) groups excluding carboxylic acids is 1. The van der Waals surface area contributed by atoms with Crippen molar-refractivity contribution >= 4 is 23.4 Å². The van der Waals surface area contributed by atoms with Crippen LogP contribution < -0.4 is 5.32 Å². The molecule has 0 heterocycles. The lowest BCUT2D eigenvalue weighted by Gasteiger charge is -2.03. The molecule has 0 radical (unpaired) electrons. The van der Waals surface area contributed by atoms with Crippen LogP contribution in [0, 0.1) is 0 Å². The van der Waals surface area contributed by atoms with Gasteiger partial charge in [0.25, 0.3) is 0 Å². The molecule has 14 heavy (non-hydrogen) atoms. The van der Waals surface area contributed by atoms with Crippen LogP contribution in [-0.2, 0) is 4.79 Å². The number of allylic oxidation sites excluding steroid dienone is 1. The summed E-state index contributed by atoms with van der Waals surface area (Å²) in [7, 11) is 0. The SMILES string of the molecule is CC=CC(=O)Nc1cccc(SC)c1. The summed E-state index contributed by atoms with van der Waals surface area (Å²) in [5, 5.41) is 2.78. The minimum Gasteiger partial charge on any atom is -0.322 e. The fraction of sp³-hybridized carbons (Fsp3) is 0.182. The van der Waals surface area contributed by atoms with E-state index in [4.69, 9.17) is 0 Å². The van der Waals surface area contributed by atoms with E-state index in [1.165, 1.54) is 6.08 Å².